The van der Waals surface area contributed by atoms with Crippen molar-refractivity contribution in [1.82, 2.24) is 9.80 Å². The van der Waals surface area contributed by atoms with Gasteiger partial charge in [-0.25, -0.2) is 8.78 Å². The second-order valence-electron chi connectivity index (χ2n) is 7.31. The van der Waals surface area contributed by atoms with E-state index in [9.17, 15) is 13.6 Å². The molecule has 0 N–H and O–H groups in total. The van der Waals surface area contributed by atoms with E-state index in [4.69, 9.17) is 0 Å². The van der Waals surface area contributed by atoms with Crippen molar-refractivity contribution in [2.75, 3.05) is 26.2 Å². The molecular formula is C20H23F2N3OS. The second kappa shape index (κ2) is 8.00. The monoisotopic (exact) mass is 391 g/mol. The summed E-state index contributed by atoms with van der Waals surface area (Å²) in [6, 6.07) is 4.00. The van der Waals surface area contributed by atoms with Crippen LogP contribution in [0.25, 0.3) is 0 Å². The lowest BCUT2D eigenvalue weighted by atomic mass is 9.91. The van der Waals surface area contributed by atoms with Gasteiger partial charge in [0.2, 0.25) is 5.91 Å². The summed E-state index contributed by atoms with van der Waals surface area (Å²) in [7, 11) is 0. The van der Waals surface area contributed by atoms with Crippen LogP contribution in [0.15, 0.2) is 34.3 Å². The molecule has 0 spiro atoms. The molecule has 1 unspecified atom stereocenters. The number of amides is 1. The van der Waals surface area contributed by atoms with Gasteiger partial charge < -0.3 is 9.80 Å². The largest absolute Gasteiger partial charge is 0.342 e. The summed E-state index contributed by atoms with van der Waals surface area (Å²) in [6.45, 7) is 3.10. The van der Waals surface area contributed by atoms with E-state index in [1.54, 1.807) is 11.8 Å². The summed E-state index contributed by atoms with van der Waals surface area (Å²) in [4.78, 5) is 21.2. The first kappa shape index (κ1) is 18.5. The molecule has 7 heteroatoms. The van der Waals surface area contributed by atoms with Gasteiger partial charge in [0.05, 0.1) is 13.0 Å². The predicted octanol–water partition coefficient (Wildman–Crippen LogP) is 3.79. The fourth-order valence-corrected chi connectivity index (χ4v) is 4.98. The van der Waals surface area contributed by atoms with Gasteiger partial charge in [0.15, 0.2) is 5.17 Å². The minimum absolute atomic E-state index is 0.136. The maximum absolute atomic E-state index is 13.8. The molecular weight excluding hydrogens is 368 g/mol. The molecule has 0 bridgehead atoms. The Morgan fingerprint density at radius 1 is 1.26 bits per heavy atom. The fraction of sp³-hybridized carbons (Fsp3) is 0.500. The summed E-state index contributed by atoms with van der Waals surface area (Å²) < 4.78 is 27.6. The highest BCUT2D eigenvalue weighted by atomic mass is 32.2. The normalized spacial score (nSPS) is 21.9. The average Bonchev–Trinajstić information content (AvgIpc) is 3.27. The van der Waals surface area contributed by atoms with Crippen molar-refractivity contribution in [3.05, 3.63) is 46.5 Å². The van der Waals surface area contributed by atoms with Crippen LogP contribution < -0.4 is 0 Å². The van der Waals surface area contributed by atoms with Crippen LogP contribution in [0.5, 0.6) is 0 Å². The summed E-state index contributed by atoms with van der Waals surface area (Å²) in [5.41, 5.74) is 1.20. The van der Waals surface area contributed by atoms with E-state index in [1.165, 1.54) is 18.2 Å². The summed E-state index contributed by atoms with van der Waals surface area (Å²) in [5, 5.41) is 3.03. The van der Waals surface area contributed by atoms with Crippen LogP contribution in [0.2, 0.25) is 0 Å². The van der Waals surface area contributed by atoms with Crippen LogP contribution in [0, 0.1) is 17.6 Å². The van der Waals surface area contributed by atoms with Gasteiger partial charge in [-0.15, -0.1) is 0 Å². The Morgan fingerprint density at radius 2 is 2.07 bits per heavy atom. The first-order valence-electron chi connectivity index (χ1n) is 9.50. The van der Waals surface area contributed by atoms with Gasteiger partial charge >= 0.3 is 0 Å². The van der Waals surface area contributed by atoms with Gasteiger partial charge in [0.1, 0.15) is 11.6 Å². The number of carbonyl (C=O) groups is 1. The van der Waals surface area contributed by atoms with Crippen molar-refractivity contribution in [2.24, 2.45) is 10.9 Å². The Kier molecular flexibility index (Phi) is 5.48. The van der Waals surface area contributed by atoms with Crippen LogP contribution in [-0.2, 0) is 11.2 Å². The number of hydrogen-bond donors (Lipinski definition) is 0. The molecule has 1 aromatic carbocycles. The quantitative estimate of drug-likeness (QED) is 0.766. The number of nitrogens with zero attached hydrogens (tertiary/aromatic N) is 3. The number of fused-ring (bicyclic) bond motifs is 1. The van der Waals surface area contributed by atoms with E-state index < -0.39 is 11.6 Å². The Hall–Kier alpha value is -1.89. The van der Waals surface area contributed by atoms with Gasteiger partial charge in [0, 0.05) is 30.9 Å². The zero-order valence-corrected chi connectivity index (χ0v) is 16.0. The van der Waals surface area contributed by atoms with Gasteiger partial charge in [0.25, 0.3) is 0 Å². The maximum Gasteiger partial charge on any atom is 0.228 e. The number of hydrogen-bond acceptors (Lipinski definition) is 4. The number of piperidine rings is 1. The number of likely N-dealkylation sites (tertiary alicyclic amines) is 1. The molecule has 1 aromatic rings. The van der Waals surface area contributed by atoms with Crippen LogP contribution >= 0.6 is 11.8 Å². The molecule has 0 aliphatic carbocycles. The zero-order valence-electron chi connectivity index (χ0n) is 15.2. The third-order valence-corrected chi connectivity index (χ3v) is 6.47. The molecule has 27 heavy (non-hydrogen) atoms. The lowest BCUT2D eigenvalue weighted by molar-refractivity contribution is -0.132. The summed E-state index contributed by atoms with van der Waals surface area (Å²) >= 11 is 1.59. The highest BCUT2D eigenvalue weighted by Gasteiger charge is 2.30. The smallest absolute Gasteiger partial charge is 0.228 e. The van der Waals surface area contributed by atoms with Crippen molar-refractivity contribution in [3.63, 3.8) is 0 Å². The topological polar surface area (TPSA) is 35.9 Å². The van der Waals surface area contributed by atoms with Crippen LogP contribution in [0.4, 0.5) is 8.78 Å². The van der Waals surface area contributed by atoms with Crippen molar-refractivity contribution in [1.29, 1.82) is 0 Å². The molecule has 1 amide bonds. The third kappa shape index (κ3) is 4.03. The summed E-state index contributed by atoms with van der Waals surface area (Å²) in [6.07, 6.45) is 3.42. The molecule has 0 aromatic heterocycles. The van der Waals surface area contributed by atoms with E-state index in [1.807, 2.05) is 10.3 Å². The zero-order chi connectivity index (χ0) is 18.8. The molecule has 3 heterocycles. The highest BCUT2D eigenvalue weighted by Crippen LogP contribution is 2.32. The number of thioether (sulfide) groups is 1. The molecule has 0 radical (unpaired) electrons. The maximum atomic E-state index is 13.8. The van der Waals surface area contributed by atoms with E-state index >= 15 is 0 Å². The number of rotatable bonds is 5. The van der Waals surface area contributed by atoms with Crippen LogP contribution in [0.3, 0.4) is 0 Å². The van der Waals surface area contributed by atoms with Crippen molar-refractivity contribution in [2.45, 2.75) is 32.1 Å². The van der Waals surface area contributed by atoms with Crippen molar-refractivity contribution < 1.29 is 13.6 Å². The second-order valence-corrected chi connectivity index (χ2v) is 8.14. The highest BCUT2D eigenvalue weighted by molar-refractivity contribution is 8.16. The Labute approximate surface area is 162 Å². The molecule has 4 rings (SSSR count). The summed E-state index contributed by atoms with van der Waals surface area (Å²) in [5.74, 6) is -0.533. The molecule has 1 fully saturated rings. The van der Waals surface area contributed by atoms with Gasteiger partial charge in [-0.3, -0.25) is 9.79 Å². The van der Waals surface area contributed by atoms with E-state index in [2.05, 4.69) is 9.89 Å². The molecule has 144 valence electrons. The van der Waals surface area contributed by atoms with Crippen molar-refractivity contribution >= 4 is 22.8 Å². The molecule has 4 nitrogen and oxygen atoms in total. The first-order chi connectivity index (χ1) is 13.1. The fourth-order valence-electron chi connectivity index (χ4n) is 4.03. The predicted molar refractivity (Wildman–Crippen MR) is 103 cm³/mol. The van der Waals surface area contributed by atoms with Crippen molar-refractivity contribution in [3.8, 4) is 0 Å². The Balaban J connectivity index is 1.31. The molecule has 3 aliphatic rings. The number of halogens is 2. The van der Waals surface area contributed by atoms with E-state index in [0.717, 1.165) is 43.3 Å². The minimum Gasteiger partial charge on any atom is -0.342 e. The Bertz CT molecular complexity index is 775. The molecule has 1 atom stereocenters. The van der Waals surface area contributed by atoms with Gasteiger partial charge in [-0.1, -0.05) is 17.8 Å². The van der Waals surface area contributed by atoms with Gasteiger partial charge in [-0.05, 0) is 49.1 Å². The Morgan fingerprint density at radius 3 is 2.89 bits per heavy atom. The first-order valence-corrected chi connectivity index (χ1v) is 10.4. The standard InChI is InChI=1S/C20H23F2N3OS/c21-17-4-1-5-18(22)16(17)7-6-14-3-2-9-24(12-14)19(26)11-15-13-27-20-23-8-10-25(15)20/h1,4-5,13-14H,2-3,6-12H2. The minimum atomic E-state index is -0.479. The van der Waals surface area contributed by atoms with Crippen LogP contribution in [0.1, 0.15) is 31.2 Å². The number of benzene rings is 1. The number of amidine groups is 1. The van der Waals surface area contributed by atoms with E-state index in [0.29, 0.717) is 25.8 Å². The SMILES string of the molecule is O=C(CC1=CSC2=NCCN12)N1CCCC(CCc2c(F)cccc2F)C1. The number of carbonyl (C=O) groups excluding carboxylic acids is 1. The number of aliphatic imine (C=N–C) groups is 1. The van der Waals surface area contributed by atoms with Gasteiger partial charge in [-0.2, -0.15) is 0 Å². The van der Waals surface area contributed by atoms with E-state index in [-0.39, 0.29) is 17.4 Å². The molecule has 0 saturated carbocycles. The molecule has 3 aliphatic heterocycles. The lowest BCUT2D eigenvalue weighted by Crippen LogP contribution is -2.40. The third-order valence-electron chi connectivity index (χ3n) is 5.52. The van der Waals surface area contributed by atoms with Crippen LogP contribution in [-0.4, -0.2) is 47.1 Å². The average molecular weight is 391 g/mol. The molecule has 1 saturated heterocycles. The lowest BCUT2D eigenvalue weighted by Gasteiger charge is -2.33.